The Morgan fingerprint density at radius 3 is 2.39 bits per heavy atom. The normalized spacial score (nSPS) is 14.6. The molecule has 0 saturated carbocycles. The van der Waals surface area contributed by atoms with E-state index in [4.69, 9.17) is 0 Å². The minimum Gasteiger partial charge on any atom is -0.341 e. The van der Waals surface area contributed by atoms with Gasteiger partial charge < -0.3 is 4.90 Å². The summed E-state index contributed by atoms with van der Waals surface area (Å²) in [4.78, 5) is 41.0. The van der Waals surface area contributed by atoms with Gasteiger partial charge in [0.05, 0.1) is 11.2 Å². The van der Waals surface area contributed by atoms with Crippen LogP contribution < -0.4 is 11.2 Å². The fraction of sp³-hybridized carbons (Fsp3) is 0.381. The molecular weight excluding hydrogens is 374 g/mol. The number of aryl methyl sites for hydroxylation is 2. The first kappa shape index (κ1) is 18.7. The molecule has 3 aromatic rings. The second-order valence-electron chi connectivity index (χ2n) is 7.43. The number of carbonyl (C=O) groups excluding carboxylic acids is 1. The highest BCUT2D eigenvalue weighted by molar-refractivity contribution is 7.17. The molecule has 4 rings (SSSR count). The van der Waals surface area contributed by atoms with Gasteiger partial charge in [-0.3, -0.25) is 14.2 Å². The molecule has 0 N–H and O–H groups in total. The van der Waals surface area contributed by atoms with Gasteiger partial charge in [0.25, 0.3) is 5.56 Å². The number of nitrogens with zero attached hydrogens (tertiary/aromatic N) is 3. The second kappa shape index (κ2) is 7.39. The number of fused-ring (bicyclic) bond motifs is 1. The predicted octanol–water partition coefficient (Wildman–Crippen LogP) is 2.84. The van der Waals surface area contributed by atoms with Crippen LogP contribution in [0.15, 0.2) is 39.2 Å². The number of amides is 1. The lowest BCUT2D eigenvalue weighted by atomic mass is 10.1. The lowest BCUT2D eigenvalue weighted by molar-refractivity contribution is -0.132. The van der Waals surface area contributed by atoms with Crippen molar-refractivity contribution in [3.05, 3.63) is 61.6 Å². The Labute approximate surface area is 166 Å². The molecule has 6 nitrogen and oxygen atoms in total. The van der Waals surface area contributed by atoms with Gasteiger partial charge in [-0.05, 0) is 67.8 Å². The molecule has 0 atom stereocenters. The molecule has 146 valence electrons. The van der Waals surface area contributed by atoms with E-state index in [0.717, 1.165) is 43.5 Å². The third kappa shape index (κ3) is 3.30. The summed E-state index contributed by atoms with van der Waals surface area (Å²) >= 11 is 1.30. The summed E-state index contributed by atoms with van der Waals surface area (Å²) in [6.45, 7) is 5.29. The highest BCUT2D eigenvalue weighted by Gasteiger charge is 2.21. The number of carbonyl (C=O) groups is 1. The minimum atomic E-state index is -0.466. The molecule has 1 saturated heterocycles. The molecule has 0 unspecified atom stereocenters. The molecule has 0 bridgehead atoms. The monoisotopic (exact) mass is 397 g/mol. The summed E-state index contributed by atoms with van der Waals surface area (Å²) < 4.78 is 3.13. The van der Waals surface area contributed by atoms with Crippen molar-refractivity contribution in [2.75, 3.05) is 13.1 Å². The zero-order valence-electron chi connectivity index (χ0n) is 16.1. The van der Waals surface area contributed by atoms with Crippen LogP contribution in [0.1, 0.15) is 30.4 Å². The van der Waals surface area contributed by atoms with Gasteiger partial charge in [-0.15, -0.1) is 11.3 Å². The van der Waals surface area contributed by atoms with Gasteiger partial charge in [0, 0.05) is 13.1 Å². The first-order valence-electron chi connectivity index (χ1n) is 9.55. The molecule has 2 aromatic heterocycles. The Kier molecular flexibility index (Phi) is 4.93. The largest absolute Gasteiger partial charge is 0.341 e. The van der Waals surface area contributed by atoms with Gasteiger partial charge in [-0.2, -0.15) is 0 Å². The molecule has 0 radical (unpaired) electrons. The van der Waals surface area contributed by atoms with E-state index >= 15 is 0 Å². The van der Waals surface area contributed by atoms with Gasteiger partial charge in [0.2, 0.25) is 5.91 Å². The van der Waals surface area contributed by atoms with Crippen molar-refractivity contribution in [3.8, 4) is 5.69 Å². The fourth-order valence-electron chi connectivity index (χ4n) is 3.93. The van der Waals surface area contributed by atoms with E-state index in [2.05, 4.69) is 0 Å². The van der Waals surface area contributed by atoms with Gasteiger partial charge in [0.15, 0.2) is 0 Å². The molecule has 7 heteroatoms. The van der Waals surface area contributed by atoms with Crippen molar-refractivity contribution < 1.29 is 4.79 Å². The van der Waals surface area contributed by atoms with E-state index < -0.39 is 5.69 Å². The Balaban J connectivity index is 1.87. The molecule has 0 spiro atoms. The lowest BCUT2D eigenvalue weighted by Crippen LogP contribution is -2.43. The third-order valence-electron chi connectivity index (χ3n) is 5.22. The number of aromatic nitrogens is 2. The van der Waals surface area contributed by atoms with Crippen LogP contribution in [0.3, 0.4) is 0 Å². The van der Waals surface area contributed by atoms with Crippen LogP contribution in [0.2, 0.25) is 0 Å². The second-order valence-corrected chi connectivity index (χ2v) is 8.35. The van der Waals surface area contributed by atoms with Crippen LogP contribution in [0, 0.1) is 13.8 Å². The number of hydrogen-bond donors (Lipinski definition) is 0. The quantitative estimate of drug-likeness (QED) is 0.683. The van der Waals surface area contributed by atoms with Gasteiger partial charge in [0.1, 0.15) is 11.2 Å². The van der Waals surface area contributed by atoms with Crippen molar-refractivity contribution in [1.29, 1.82) is 0 Å². The molecule has 1 amide bonds. The summed E-state index contributed by atoms with van der Waals surface area (Å²) in [6.07, 6.45) is 3.13. The Hall–Kier alpha value is -2.67. The number of benzene rings is 1. The van der Waals surface area contributed by atoms with E-state index in [1.54, 1.807) is 11.4 Å². The van der Waals surface area contributed by atoms with Crippen LogP contribution in [0.25, 0.3) is 15.9 Å². The van der Waals surface area contributed by atoms with E-state index in [0.29, 0.717) is 15.9 Å². The SMILES string of the molecule is Cc1cc(C)cc(-n2c(=O)c3sccc3n(CC(=O)N3CCCCC3)c2=O)c1. The molecule has 3 heterocycles. The molecule has 1 aliphatic heterocycles. The van der Waals surface area contributed by atoms with Crippen LogP contribution in [-0.4, -0.2) is 33.0 Å². The summed E-state index contributed by atoms with van der Waals surface area (Å²) in [5.41, 5.74) is 2.23. The number of piperidine rings is 1. The molecule has 1 fully saturated rings. The Bertz CT molecular complexity index is 1150. The van der Waals surface area contributed by atoms with Gasteiger partial charge in [-0.25, -0.2) is 9.36 Å². The Morgan fingerprint density at radius 1 is 1.04 bits per heavy atom. The van der Waals surface area contributed by atoms with Crippen molar-refractivity contribution in [2.45, 2.75) is 39.7 Å². The average molecular weight is 398 g/mol. The number of likely N-dealkylation sites (tertiary alicyclic amines) is 1. The molecule has 28 heavy (non-hydrogen) atoms. The summed E-state index contributed by atoms with van der Waals surface area (Å²) in [5, 5.41) is 1.79. The van der Waals surface area contributed by atoms with Gasteiger partial charge >= 0.3 is 5.69 Å². The van der Waals surface area contributed by atoms with E-state index in [9.17, 15) is 14.4 Å². The topological polar surface area (TPSA) is 64.3 Å². The van der Waals surface area contributed by atoms with Crippen LogP contribution in [0.4, 0.5) is 0 Å². The summed E-state index contributed by atoms with van der Waals surface area (Å²) in [7, 11) is 0. The summed E-state index contributed by atoms with van der Waals surface area (Å²) in [6, 6.07) is 7.40. The molecule has 1 aromatic carbocycles. The molecule has 1 aliphatic rings. The number of rotatable bonds is 3. The smallest absolute Gasteiger partial charge is 0.336 e. The lowest BCUT2D eigenvalue weighted by Gasteiger charge is -2.27. The average Bonchev–Trinajstić information content (AvgIpc) is 3.15. The zero-order valence-corrected chi connectivity index (χ0v) is 16.9. The highest BCUT2D eigenvalue weighted by Crippen LogP contribution is 2.18. The third-order valence-corrected chi connectivity index (χ3v) is 6.11. The maximum absolute atomic E-state index is 13.3. The van der Waals surface area contributed by atoms with Crippen LogP contribution in [-0.2, 0) is 11.3 Å². The van der Waals surface area contributed by atoms with Crippen LogP contribution >= 0.6 is 11.3 Å². The zero-order chi connectivity index (χ0) is 19.8. The fourth-order valence-corrected chi connectivity index (χ4v) is 4.75. The maximum Gasteiger partial charge on any atom is 0.336 e. The van der Waals surface area contributed by atoms with Crippen molar-refractivity contribution in [1.82, 2.24) is 14.0 Å². The first-order valence-corrected chi connectivity index (χ1v) is 10.4. The van der Waals surface area contributed by atoms with Crippen molar-refractivity contribution in [3.63, 3.8) is 0 Å². The number of hydrogen-bond acceptors (Lipinski definition) is 4. The molecule has 0 aliphatic carbocycles. The Morgan fingerprint density at radius 2 is 1.71 bits per heavy atom. The predicted molar refractivity (Wildman–Crippen MR) is 112 cm³/mol. The number of thiophene rings is 1. The highest BCUT2D eigenvalue weighted by atomic mass is 32.1. The first-order chi connectivity index (χ1) is 13.5. The van der Waals surface area contributed by atoms with Crippen LogP contribution in [0.5, 0.6) is 0 Å². The van der Waals surface area contributed by atoms with Gasteiger partial charge in [-0.1, -0.05) is 6.07 Å². The standard InChI is InChI=1S/C21H23N3O3S/c1-14-10-15(2)12-16(11-14)24-20(26)19-17(6-9-28-19)23(21(24)27)13-18(25)22-7-4-3-5-8-22/h6,9-12H,3-5,7-8,13H2,1-2H3. The summed E-state index contributed by atoms with van der Waals surface area (Å²) in [5.74, 6) is -0.0695. The van der Waals surface area contributed by atoms with Crippen molar-refractivity contribution in [2.24, 2.45) is 0 Å². The van der Waals surface area contributed by atoms with E-state index in [1.807, 2.05) is 36.9 Å². The maximum atomic E-state index is 13.3. The molecular formula is C21H23N3O3S. The van der Waals surface area contributed by atoms with E-state index in [1.165, 1.54) is 20.5 Å². The van der Waals surface area contributed by atoms with Crippen molar-refractivity contribution >= 4 is 27.5 Å². The minimum absolute atomic E-state index is 0.0445. The van der Waals surface area contributed by atoms with E-state index in [-0.39, 0.29) is 18.0 Å².